The van der Waals surface area contributed by atoms with Crippen molar-refractivity contribution < 1.29 is 70.7 Å². The fraction of sp³-hybridized carbons (Fsp3) is 0. The van der Waals surface area contributed by atoms with Gasteiger partial charge < -0.3 is 32.9 Å². The molecule has 0 atom stereocenters. The Kier molecular flexibility index (Phi) is 32800. The summed E-state index contributed by atoms with van der Waals surface area (Å²) in [6.07, 6.45) is 0. The maximum atomic E-state index is 0. The zero-order valence-electron chi connectivity index (χ0n) is 3.42. The van der Waals surface area contributed by atoms with Crippen LogP contribution < -0.4 is 0 Å². The third-order valence-electron chi connectivity index (χ3n) is 0. The van der Waals surface area contributed by atoms with Crippen LogP contribution in [0, 0.1) is 0 Å². The summed E-state index contributed by atoms with van der Waals surface area (Å²) in [6.45, 7) is 0. The normalized spacial score (nSPS) is 0. The molecule has 6 N–H and O–H groups in total. The minimum atomic E-state index is 0. The van der Waals surface area contributed by atoms with Crippen LogP contribution in [0.5, 0.6) is 0 Å². The van der Waals surface area contributed by atoms with Crippen molar-refractivity contribution in [1.29, 1.82) is 0 Å². The first-order valence-corrected chi connectivity index (χ1v) is 0. The van der Waals surface area contributed by atoms with Gasteiger partial charge in [-0.3, -0.25) is 0 Å². The van der Waals surface area contributed by atoms with Gasteiger partial charge in [-0.15, -0.1) is 0 Å². The minimum Gasteiger partial charge on any atom is -0.870 e. The molecule has 8 heteroatoms. The Labute approximate surface area is 71.0 Å². The maximum Gasteiger partial charge on any atom is 2.00 e. The average Bonchev–Trinajstić information content (AvgIpc) is 0. The maximum absolute atomic E-state index is 0. The van der Waals surface area contributed by atoms with Crippen molar-refractivity contribution in [3.63, 3.8) is 0 Å². The Hall–Kier alpha value is 0.955. The molecule has 0 rings (SSSR count). The summed E-state index contributed by atoms with van der Waals surface area (Å²) < 4.78 is 0. The van der Waals surface area contributed by atoms with E-state index in [1.807, 2.05) is 0 Å². The monoisotopic (exact) mass is 345 g/mol. The van der Waals surface area contributed by atoms with Crippen molar-refractivity contribution in [1.82, 2.24) is 0 Å². The van der Waals surface area contributed by atoms with Crippen LogP contribution in [0.4, 0.5) is 0 Å². The van der Waals surface area contributed by atoms with Crippen molar-refractivity contribution in [2.75, 3.05) is 0 Å². The molecule has 0 saturated heterocycles. The van der Waals surface area contributed by atoms with E-state index < -0.39 is 0 Å². The summed E-state index contributed by atoms with van der Waals surface area (Å²) in [5.41, 5.74) is 0. The quantitative estimate of drug-likeness (QED) is 0.539. The molecule has 0 fully saturated rings. The zero-order chi connectivity index (χ0) is 0. The van der Waals surface area contributed by atoms with Gasteiger partial charge in [0.05, 0.1) is 0 Å². The second kappa shape index (κ2) is 422. The average molecular weight is 345 g/mol. The predicted molar refractivity (Wildman–Crippen MR) is 11.6 cm³/mol. The molecule has 0 spiro atoms. The van der Waals surface area contributed by atoms with Gasteiger partial charge in [-0.1, -0.05) is 0 Å². The van der Waals surface area contributed by atoms with Gasteiger partial charge in [0.15, 0.2) is 0 Å². The molecule has 0 aliphatic heterocycles. The van der Waals surface area contributed by atoms with E-state index in [0.29, 0.717) is 0 Å². The summed E-state index contributed by atoms with van der Waals surface area (Å²) >= 11 is 0. The number of hydrogen-bond acceptors (Lipinski definition) is 6. The van der Waals surface area contributed by atoms with Gasteiger partial charge in [-0.2, -0.15) is 0 Å². The van der Waals surface area contributed by atoms with Crippen molar-refractivity contribution in [3.8, 4) is 0 Å². The van der Waals surface area contributed by atoms with E-state index in [1.165, 1.54) is 0 Å². The van der Waals surface area contributed by atoms with Crippen LogP contribution >= 0.6 is 0 Å². The topological polar surface area (TPSA) is 180 Å². The Morgan fingerprint density at radius 1 is 0.375 bits per heavy atom. The van der Waals surface area contributed by atoms with Crippen molar-refractivity contribution >= 4 is 0 Å². The Balaban J connectivity index is 0. The molecule has 0 aromatic rings. The summed E-state index contributed by atoms with van der Waals surface area (Å²) in [6, 6.07) is 0. The van der Waals surface area contributed by atoms with Crippen LogP contribution in [0.1, 0.15) is 0 Å². The summed E-state index contributed by atoms with van der Waals surface area (Å²) in [5, 5.41) is 0. The Bertz CT molecular complexity index is 8.49. The van der Waals surface area contributed by atoms with E-state index in [2.05, 4.69) is 0 Å². The van der Waals surface area contributed by atoms with Gasteiger partial charge in [0.2, 0.25) is 0 Å². The largest absolute Gasteiger partial charge is 2.00 e. The molecule has 0 aliphatic rings. The molecule has 0 aromatic carbocycles. The van der Waals surface area contributed by atoms with Gasteiger partial charge in [0, 0.05) is 21.1 Å². The summed E-state index contributed by atoms with van der Waals surface area (Å²) in [5.74, 6) is 0. The second-order valence-corrected chi connectivity index (χ2v) is 0. The molecule has 0 aromatic heterocycles. The van der Waals surface area contributed by atoms with Gasteiger partial charge in [-0.05, 0) is 0 Å². The number of rotatable bonds is 0. The molecule has 0 heterocycles. The van der Waals surface area contributed by atoms with E-state index in [4.69, 9.17) is 0 Å². The molecule has 8 heavy (non-hydrogen) atoms. The fourth-order valence-electron chi connectivity index (χ4n) is 0. The van der Waals surface area contributed by atoms with Gasteiger partial charge in [-0.25, -0.2) is 0 Å². The van der Waals surface area contributed by atoms with E-state index in [-0.39, 0.29) is 70.7 Å². The Morgan fingerprint density at radius 2 is 0.375 bits per heavy atom. The Morgan fingerprint density at radius 3 is 0.375 bits per heavy atom. The van der Waals surface area contributed by atoms with Gasteiger partial charge in [0.1, 0.15) is 0 Å². The molecule has 1 radical (unpaired) electrons. The fourth-order valence-corrected chi connectivity index (χ4v) is 0. The predicted octanol–water partition coefficient (Wildman–Crippen LogP) is -1.07. The van der Waals surface area contributed by atoms with Crippen LogP contribution in [0.25, 0.3) is 0 Å². The molecule has 0 bridgehead atoms. The van der Waals surface area contributed by atoms with Crippen LogP contribution in [0.3, 0.4) is 0 Å². The minimum absolute atomic E-state index is 0. The zero-order valence-corrected chi connectivity index (χ0v) is 7.40. The third-order valence-corrected chi connectivity index (χ3v) is 0. The molecule has 61 valence electrons. The molecule has 0 amide bonds. The van der Waals surface area contributed by atoms with Crippen LogP contribution in [0.15, 0.2) is 0 Å². The van der Waals surface area contributed by atoms with Crippen LogP contribution in [-0.4, -0.2) is 32.9 Å². The second-order valence-electron chi connectivity index (χ2n) is 0. The molecule has 0 saturated carbocycles. The SMILES string of the molecule is [Co+2].[OH-].[OH-].[OH-].[OH-].[OH-].[OH-].[W]. The van der Waals surface area contributed by atoms with Crippen molar-refractivity contribution in [2.24, 2.45) is 0 Å². The standard InChI is InChI=1S/Co.6H2O.W/h;6*1H2;/q+2;;;;;;;/p-6. The molecule has 0 aliphatic carbocycles. The van der Waals surface area contributed by atoms with Crippen LogP contribution in [0.2, 0.25) is 0 Å². The first kappa shape index (κ1) is 622. The third kappa shape index (κ3) is 271. The van der Waals surface area contributed by atoms with Crippen molar-refractivity contribution in [2.45, 2.75) is 0 Å². The molecular weight excluding hydrogens is 339 g/mol. The van der Waals surface area contributed by atoms with E-state index in [1.54, 1.807) is 0 Å². The molecular formula is H6CoO6W-4. The number of hydrogen-bond donors (Lipinski definition) is 0. The van der Waals surface area contributed by atoms with E-state index in [9.17, 15) is 0 Å². The summed E-state index contributed by atoms with van der Waals surface area (Å²) in [7, 11) is 0. The summed E-state index contributed by atoms with van der Waals surface area (Å²) in [4.78, 5) is 0. The van der Waals surface area contributed by atoms with Crippen LogP contribution in [-0.2, 0) is 37.8 Å². The smallest absolute Gasteiger partial charge is 0.870 e. The van der Waals surface area contributed by atoms with E-state index in [0.717, 1.165) is 0 Å². The first-order chi connectivity index (χ1) is 0. The molecule has 0 unspecified atom stereocenters. The molecule has 6 nitrogen and oxygen atoms in total. The van der Waals surface area contributed by atoms with Gasteiger partial charge in [0.25, 0.3) is 0 Å². The van der Waals surface area contributed by atoms with Gasteiger partial charge >= 0.3 is 16.8 Å². The van der Waals surface area contributed by atoms with E-state index >= 15 is 0 Å². The van der Waals surface area contributed by atoms with Crippen molar-refractivity contribution in [3.05, 3.63) is 0 Å². The first-order valence-electron chi connectivity index (χ1n) is 0.